The zero-order valence-electron chi connectivity index (χ0n) is 14.6. The van der Waals surface area contributed by atoms with Crippen molar-refractivity contribution in [2.75, 3.05) is 13.2 Å². The molecule has 4 rings (SSSR count). The van der Waals surface area contributed by atoms with Gasteiger partial charge in [0, 0.05) is 24.1 Å². The molecule has 1 amide bonds. The number of ether oxygens (including phenoxy) is 1. The number of amides is 1. The van der Waals surface area contributed by atoms with Crippen LogP contribution < -0.4 is 10.4 Å². The Morgan fingerprint density at radius 1 is 1.15 bits per heavy atom. The topological polar surface area (TPSA) is 59.8 Å². The number of likely N-dealkylation sites (tertiary alicyclic amines) is 1. The molecule has 0 N–H and O–H groups in total. The van der Waals surface area contributed by atoms with Crippen LogP contribution in [0.1, 0.15) is 24.4 Å². The van der Waals surface area contributed by atoms with Crippen LogP contribution in [-0.2, 0) is 4.79 Å². The first kappa shape index (κ1) is 17.3. The number of rotatable bonds is 4. The normalized spacial score (nSPS) is 16.6. The lowest BCUT2D eigenvalue weighted by atomic mass is 10.0. The molecule has 1 fully saturated rings. The summed E-state index contributed by atoms with van der Waals surface area (Å²) in [6.45, 7) is 0.539. The van der Waals surface area contributed by atoms with Gasteiger partial charge < -0.3 is 14.1 Å². The first-order valence-electron chi connectivity index (χ1n) is 8.82. The first-order chi connectivity index (χ1) is 13.1. The number of benzene rings is 2. The van der Waals surface area contributed by atoms with Crippen molar-refractivity contribution in [2.24, 2.45) is 0 Å². The zero-order chi connectivity index (χ0) is 18.8. The Balaban J connectivity index is 1.45. The van der Waals surface area contributed by atoms with E-state index in [1.54, 1.807) is 41.3 Å². The average Bonchev–Trinajstić information content (AvgIpc) is 3.16. The number of halogens is 1. The second-order valence-corrected chi connectivity index (χ2v) is 6.54. The van der Waals surface area contributed by atoms with E-state index in [0.29, 0.717) is 17.9 Å². The Kier molecular flexibility index (Phi) is 4.62. The van der Waals surface area contributed by atoms with Crippen molar-refractivity contribution < 1.29 is 18.3 Å². The number of nitrogens with zero attached hydrogens (tertiary/aromatic N) is 1. The van der Waals surface area contributed by atoms with Gasteiger partial charge in [-0.05, 0) is 48.7 Å². The SMILES string of the molecule is O=C(COc1ccc2ccc(=O)oc2c1)N1CCCC1c1ccc(F)cc1. The molecular weight excluding hydrogens is 349 g/mol. The highest BCUT2D eigenvalue weighted by Gasteiger charge is 2.30. The summed E-state index contributed by atoms with van der Waals surface area (Å²) in [4.78, 5) is 25.7. The third-order valence-electron chi connectivity index (χ3n) is 4.78. The molecule has 1 aliphatic heterocycles. The van der Waals surface area contributed by atoms with Crippen LogP contribution in [0.4, 0.5) is 4.39 Å². The summed E-state index contributed by atoms with van der Waals surface area (Å²) in [7, 11) is 0. The summed E-state index contributed by atoms with van der Waals surface area (Å²) in [5.74, 6) is 0.0417. The lowest BCUT2D eigenvalue weighted by Crippen LogP contribution is -2.34. The molecule has 1 aliphatic rings. The fraction of sp³-hybridized carbons (Fsp3) is 0.238. The van der Waals surface area contributed by atoms with Gasteiger partial charge in [-0.3, -0.25) is 4.79 Å². The van der Waals surface area contributed by atoms with Gasteiger partial charge in [-0.1, -0.05) is 12.1 Å². The zero-order valence-corrected chi connectivity index (χ0v) is 14.6. The summed E-state index contributed by atoms with van der Waals surface area (Å²) in [6.07, 6.45) is 1.74. The molecule has 2 heterocycles. The molecule has 138 valence electrons. The van der Waals surface area contributed by atoms with Crippen LogP contribution in [0, 0.1) is 5.82 Å². The minimum atomic E-state index is -0.435. The van der Waals surface area contributed by atoms with Gasteiger partial charge >= 0.3 is 5.63 Å². The van der Waals surface area contributed by atoms with E-state index >= 15 is 0 Å². The number of hydrogen-bond acceptors (Lipinski definition) is 4. The maximum absolute atomic E-state index is 13.1. The Hall–Kier alpha value is -3.15. The molecule has 0 spiro atoms. The van der Waals surface area contributed by atoms with Crippen LogP contribution in [0.2, 0.25) is 0 Å². The maximum Gasteiger partial charge on any atom is 0.336 e. The molecule has 0 saturated carbocycles. The van der Waals surface area contributed by atoms with Gasteiger partial charge in [0.2, 0.25) is 0 Å². The highest BCUT2D eigenvalue weighted by molar-refractivity contribution is 5.80. The maximum atomic E-state index is 13.1. The van der Waals surface area contributed by atoms with E-state index in [1.807, 2.05) is 0 Å². The lowest BCUT2D eigenvalue weighted by Gasteiger charge is -2.25. The molecule has 2 aromatic carbocycles. The summed E-state index contributed by atoms with van der Waals surface area (Å²) in [5.41, 5.74) is 0.905. The van der Waals surface area contributed by atoms with Crippen molar-refractivity contribution >= 4 is 16.9 Å². The van der Waals surface area contributed by atoms with E-state index in [1.165, 1.54) is 18.2 Å². The molecule has 1 aromatic heterocycles. The Morgan fingerprint density at radius 2 is 1.93 bits per heavy atom. The minimum absolute atomic E-state index is 0.0590. The summed E-state index contributed by atoms with van der Waals surface area (Å²) < 4.78 is 23.9. The predicted molar refractivity (Wildman–Crippen MR) is 98.1 cm³/mol. The van der Waals surface area contributed by atoms with Crippen molar-refractivity contribution in [1.82, 2.24) is 4.90 Å². The van der Waals surface area contributed by atoms with Crippen molar-refractivity contribution in [3.63, 3.8) is 0 Å². The standard InChI is InChI=1S/C21H18FNO4/c22-16-7-3-14(4-8-16)18-2-1-11-23(18)20(24)13-26-17-9-5-15-6-10-21(25)27-19(15)12-17/h3-10,12,18H,1-2,11,13H2. The van der Waals surface area contributed by atoms with Gasteiger partial charge in [-0.2, -0.15) is 0 Å². The van der Waals surface area contributed by atoms with Crippen LogP contribution >= 0.6 is 0 Å². The molecule has 6 heteroatoms. The van der Waals surface area contributed by atoms with Crippen molar-refractivity contribution in [3.8, 4) is 5.75 Å². The van der Waals surface area contributed by atoms with Gasteiger partial charge in [-0.25, -0.2) is 9.18 Å². The average molecular weight is 367 g/mol. The van der Waals surface area contributed by atoms with Crippen LogP contribution in [-0.4, -0.2) is 24.0 Å². The highest BCUT2D eigenvalue weighted by Crippen LogP contribution is 2.32. The summed E-state index contributed by atoms with van der Waals surface area (Å²) in [6, 6.07) is 14.3. The van der Waals surface area contributed by atoms with Crippen molar-refractivity contribution in [1.29, 1.82) is 0 Å². The van der Waals surface area contributed by atoms with Crippen LogP contribution in [0.3, 0.4) is 0 Å². The highest BCUT2D eigenvalue weighted by atomic mass is 19.1. The number of carbonyl (C=O) groups is 1. The molecule has 27 heavy (non-hydrogen) atoms. The molecule has 1 unspecified atom stereocenters. The fourth-order valence-electron chi connectivity index (χ4n) is 3.46. The smallest absolute Gasteiger partial charge is 0.336 e. The van der Waals surface area contributed by atoms with E-state index in [4.69, 9.17) is 9.15 Å². The quantitative estimate of drug-likeness (QED) is 0.660. The van der Waals surface area contributed by atoms with Gasteiger partial charge in [0.15, 0.2) is 6.61 Å². The lowest BCUT2D eigenvalue weighted by molar-refractivity contribution is -0.134. The van der Waals surface area contributed by atoms with Gasteiger partial charge in [0.05, 0.1) is 6.04 Å². The van der Waals surface area contributed by atoms with Gasteiger partial charge in [0.25, 0.3) is 5.91 Å². The van der Waals surface area contributed by atoms with Gasteiger partial charge in [0.1, 0.15) is 17.1 Å². The molecule has 1 saturated heterocycles. The largest absolute Gasteiger partial charge is 0.484 e. The van der Waals surface area contributed by atoms with E-state index in [9.17, 15) is 14.0 Å². The summed E-state index contributed by atoms with van der Waals surface area (Å²) in [5, 5.41) is 0.782. The first-order valence-corrected chi connectivity index (χ1v) is 8.82. The molecule has 0 bridgehead atoms. The van der Waals surface area contributed by atoms with E-state index < -0.39 is 5.63 Å². The van der Waals surface area contributed by atoms with E-state index in [-0.39, 0.29) is 24.4 Å². The third-order valence-corrected chi connectivity index (χ3v) is 4.78. The Labute approximate surface area is 155 Å². The number of carbonyl (C=O) groups excluding carboxylic acids is 1. The molecule has 5 nitrogen and oxygen atoms in total. The van der Waals surface area contributed by atoms with Crippen LogP contribution in [0.15, 0.2) is 63.8 Å². The molecule has 1 atom stereocenters. The molecular formula is C21H18FNO4. The van der Waals surface area contributed by atoms with Crippen LogP contribution in [0.5, 0.6) is 5.75 Å². The van der Waals surface area contributed by atoms with E-state index in [2.05, 4.69) is 0 Å². The number of fused-ring (bicyclic) bond motifs is 1. The molecule has 0 radical (unpaired) electrons. The van der Waals surface area contributed by atoms with Crippen LogP contribution in [0.25, 0.3) is 11.0 Å². The predicted octanol–water partition coefficient (Wildman–Crippen LogP) is 3.67. The van der Waals surface area contributed by atoms with Crippen molar-refractivity contribution in [2.45, 2.75) is 18.9 Å². The number of hydrogen-bond donors (Lipinski definition) is 0. The monoisotopic (exact) mass is 367 g/mol. The Morgan fingerprint density at radius 3 is 2.74 bits per heavy atom. The summed E-state index contributed by atoms with van der Waals surface area (Å²) >= 11 is 0. The molecule has 0 aliphatic carbocycles. The van der Waals surface area contributed by atoms with E-state index in [0.717, 1.165) is 23.8 Å². The third kappa shape index (κ3) is 3.69. The molecule has 3 aromatic rings. The van der Waals surface area contributed by atoms with Gasteiger partial charge in [-0.15, -0.1) is 0 Å². The minimum Gasteiger partial charge on any atom is -0.484 e. The fourth-order valence-corrected chi connectivity index (χ4v) is 3.46. The second kappa shape index (κ2) is 7.23. The van der Waals surface area contributed by atoms with Crippen molar-refractivity contribution in [3.05, 3.63) is 76.4 Å². The second-order valence-electron chi connectivity index (χ2n) is 6.54. The Bertz CT molecular complexity index is 1030.